The van der Waals surface area contributed by atoms with Crippen molar-refractivity contribution in [2.45, 2.75) is 19.2 Å². The van der Waals surface area contributed by atoms with Crippen molar-refractivity contribution < 1.29 is 9.13 Å². The zero-order valence-corrected chi connectivity index (χ0v) is 12.0. The van der Waals surface area contributed by atoms with Crippen molar-refractivity contribution in [1.29, 1.82) is 0 Å². The lowest BCUT2D eigenvalue weighted by Gasteiger charge is -2.11. The highest BCUT2D eigenvalue weighted by molar-refractivity contribution is 7.12. The van der Waals surface area contributed by atoms with Crippen LogP contribution in [0.4, 0.5) is 4.39 Å². The normalized spacial score (nSPS) is 12.5. The molecule has 2 aromatic rings. The van der Waals surface area contributed by atoms with Crippen LogP contribution in [0.15, 0.2) is 24.3 Å². The maximum Gasteiger partial charge on any atom is 0.165 e. The van der Waals surface area contributed by atoms with Gasteiger partial charge < -0.3 is 4.74 Å². The largest absolute Gasteiger partial charge is 0.494 e. The van der Waals surface area contributed by atoms with E-state index >= 15 is 0 Å². The van der Waals surface area contributed by atoms with Crippen LogP contribution < -0.4 is 4.74 Å². The number of ether oxygens (including phenoxy) is 1. The first kappa shape index (κ1) is 13.4. The summed E-state index contributed by atoms with van der Waals surface area (Å²) in [6, 6.07) is 6.85. The van der Waals surface area contributed by atoms with Crippen LogP contribution in [0, 0.1) is 19.7 Å². The standard InChI is InChI=1S/C14H14ClFOS/c1-8-6-9(2)18-14(8)13(15)10-4-5-11(16)12(7-10)17-3/h4-7,13H,1-3H3. The van der Waals surface area contributed by atoms with E-state index in [0.29, 0.717) is 0 Å². The molecule has 18 heavy (non-hydrogen) atoms. The Morgan fingerprint density at radius 2 is 2.00 bits per heavy atom. The van der Waals surface area contributed by atoms with Crippen molar-refractivity contribution in [2.24, 2.45) is 0 Å². The molecule has 1 heterocycles. The number of benzene rings is 1. The van der Waals surface area contributed by atoms with E-state index in [0.717, 1.165) is 10.4 Å². The van der Waals surface area contributed by atoms with Gasteiger partial charge in [0.1, 0.15) is 0 Å². The fourth-order valence-corrected chi connectivity index (χ4v) is 3.38. The van der Waals surface area contributed by atoms with E-state index in [4.69, 9.17) is 16.3 Å². The summed E-state index contributed by atoms with van der Waals surface area (Å²) in [5.74, 6) is -0.145. The Balaban J connectivity index is 2.39. The smallest absolute Gasteiger partial charge is 0.165 e. The number of aryl methyl sites for hydroxylation is 2. The Morgan fingerprint density at radius 1 is 1.28 bits per heavy atom. The molecule has 0 aliphatic carbocycles. The third-order valence-corrected chi connectivity index (χ3v) is 4.59. The Morgan fingerprint density at radius 3 is 2.56 bits per heavy atom. The van der Waals surface area contributed by atoms with E-state index in [2.05, 4.69) is 13.0 Å². The molecule has 96 valence electrons. The van der Waals surface area contributed by atoms with Gasteiger partial charge in [-0.2, -0.15) is 0 Å². The van der Waals surface area contributed by atoms with Crippen LogP contribution in [0.25, 0.3) is 0 Å². The molecule has 0 spiro atoms. The Labute approximate surface area is 115 Å². The zero-order valence-electron chi connectivity index (χ0n) is 10.5. The van der Waals surface area contributed by atoms with Crippen molar-refractivity contribution in [3.63, 3.8) is 0 Å². The van der Waals surface area contributed by atoms with Gasteiger partial charge in [0.05, 0.1) is 12.5 Å². The van der Waals surface area contributed by atoms with Crippen LogP contribution in [0.5, 0.6) is 5.75 Å². The Hall–Kier alpha value is -1.06. The molecule has 0 saturated heterocycles. The molecule has 1 unspecified atom stereocenters. The zero-order chi connectivity index (χ0) is 13.3. The molecule has 0 saturated carbocycles. The predicted molar refractivity (Wildman–Crippen MR) is 74.4 cm³/mol. The number of rotatable bonds is 3. The first-order chi connectivity index (χ1) is 8.52. The predicted octanol–water partition coefficient (Wildman–Crippen LogP) is 4.84. The summed E-state index contributed by atoms with van der Waals surface area (Å²) in [7, 11) is 1.45. The molecular formula is C14H14ClFOS. The maximum absolute atomic E-state index is 13.4. The van der Waals surface area contributed by atoms with E-state index in [-0.39, 0.29) is 16.9 Å². The molecule has 1 nitrogen and oxygen atoms in total. The fourth-order valence-electron chi connectivity index (χ4n) is 1.90. The molecule has 0 N–H and O–H groups in total. The van der Waals surface area contributed by atoms with Gasteiger partial charge in [-0.15, -0.1) is 22.9 Å². The highest BCUT2D eigenvalue weighted by Gasteiger charge is 2.17. The van der Waals surface area contributed by atoms with Gasteiger partial charge in [0.2, 0.25) is 0 Å². The quantitative estimate of drug-likeness (QED) is 0.733. The molecule has 0 radical (unpaired) electrons. The average molecular weight is 285 g/mol. The molecule has 1 aromatic carbocycles. The van der Waals surface area contributed by atoms with Crippen LogP contribution >= 0.6 is 22.9 Å². The minimum absolute atomic E-state index is 0.226. The van der Waals surface area contributed by atoms with E-state index < -0.39 is 0 Å². The summed E-state index contributed by atoms with van der Waals surface area (Å²) in [5, 5.41) is -0.266. The lowest BCUT2D eigenvalue weighted by atomic mass is 10.1. The maximum atomic E-state index is 13.4. The minimum atomic E-state index is -0.371. The van der Waals surface area contributed by atoms with Gasteiger partial charge in [-0.1, -0.05) is 6.07 Å². The van der Waals surface area contributed by atoms with Gasteiger partial charge in [-0.25, -0.2) is 4.39 Å². The fraction of sp³-hybridized carbons (Fsp3) is 0.286. The van der Waals surface area contributed by atoms with Crippen LogP contribution in [-0.2, 0) is 0 Å². The number of alkyl halides is 1. The molecule has 4 heteroatoms. The molecule has 0 amide bonds. The number of hydrogen-bond acceptors (Lipinski definition) is 2. The van der Waals surface area contributed by atoms with E-state index in [1.165, 1.54) is 23.6 Å². The molecule has 1 atom stereocenters. The molecule has 2 rings (SSSR count). The summed E-state index contributed by atoms with van der Waals surface area (Å²) in [6.45, 7) is 4.09. The third kappa shape index (κ3) is 2.52. The molecule has 1 aromatic heterocycles. The van der Waals surface area contributed by atoms with Crippen LogP contribution in [0.1, 0.15) is 26.3 Å². The summed E-state index contributed by atoms with van der Waals surface area (Å²) in [6.07, 6.45) is 0. The number of halogens is 2. The van der Waals surface area contributed by atoms with Gasteiger partial charge >= 0.3 is 0 Å². The SMILES string of the molecule is COc1cc(C(Cl)c2sc(C)cc2C)ccc1F. The van der Waals surface area contributed by atoms with Crippen LogP contribution in [-0.4, -0.2) is 7.11 Å². The van der Waals surface area contributed by atoms with E-state index in [1.54, 1.807) is 23.5 Å². The molecule has 0 aliphatic rings. The monoisotopic (exact) mass is 284 g/mol. The van der Waals surface area contributed by atoms with Crippen molar-refractivity contribution >= 4 is 22.9 Å². The molecule has 0 bridgehead atoms. The van der Waals surface area contributed by atoms with Gasteiger partial charge in [0.15, 0.2) is 11.6 Å². The van der Waals surface area contributed by atoms with Gasteiger partial charge in [0, 0.05) is 9.75 Å². The lowest BCUT2D eigenvalue weighted by molar-refractivity contribution is 0.386. The topological polar surface area (TPSA) is 9.23 Å². The second kappa shape index (κ2) is 5.29. The summed E-state index contributed by atoms with van der Waals surface area (Å²) < 4.78 is 18.3. The van der Waals surface area contributed by atoms with Crippen molar-refractivity contribution in [3.8, 4) is 5.75 Å². The van der Waals surface area contributed by atoms with E-state index in [9.17, 15) is 4.39 Å². The van der Waals surface area contributed by atoms with Gasteiger partial charge in [-0.05, 0) is 43.2 Å². The molecular weight excluding hydrogens is 271 g/mol. The van der Waals surface area contributed by atoms with Gasteiger partial charge in [-0.3, -0.25) is 0 Å². The van der Waals surface area contributed by atoms with Gasteiger partial charge in [0.25, 0.3) is 0 Å². The van der Waals surface area contributed by atoms with Crippen LogP contribution in [0.2, 0.25) is 0 Å². The van der Waals surface area contributed by atoms with Crippen molar-refractivity contribution in [3.05, 3.63) is 51.0 Å². The average Bonchev–Trinajstić information content (AvgIpc) is 2.68. The first-order valence-corrected chi connectivity index (χ1v) is 6.82. The number of thiophene rings is 1. The highest BCUT2D eigenvalue weighted by atomic mass is 35.5. The first-order valence-electron chi connectivity index (χ1n) is 5.57. The minimum Gasteiger partial charge on any atom is -0.494 e. The number of methoxy groups -OCH3 is 1. The molecule has 0 fully saturated rings. The van der Waals surface area contributed by atoms with Crippen molar-refractivity contribution in [1.82, 2.24) is 0 Å². The van der Waals surface area contributed by atoms with Crippen molar-refractivity contribution in [2.75, 3.05) is 7.11 Å². The Kier molecular flexibility index (Phi) is 3.93. The van der Waals surface area contributed by atoms with Crippen LogP contribution in [0.3, 0.4) is 0 Å². The second-order valence-electron chi connectivity index (χ2n) is 4.16. The highest BCUT2D eigenvalue weighted by Crippen LogP contribution is 2.37. The Bertz CT molecular complexity index is 565. The summed E-state index contributed by atoms with van der Waals surface area (Å²) >= 11 is 8.13. The third-order valence-electron chi connectivity index (χ3n) is 2.78. The molecule has 0 aliphatic heterocycles. The summed E-state index contributed by atoms with van der Waals surface area (Å²) in [4.78, 5) is 2.32. The second-order valence-corrected chi connectivity index (χ2v) is 5.89. The number of hydrogen-bond donors (Lipinski definition) is 0. The van der Waals surface area contributed by atoms with E-state index in [1.807, 2.05) is 6.92 Å². The summed E-state index contributed by atoms with van der Waals surface area (Å²) in [5.41, 5.74) is 2.01. The lowest BCUT2D eigenvalue weighted by Crippen LogP contribution is -1.95.